The largest absolute Gasteiger partial charge is 0.483 e. The molecule has 134 valence electrons. The van der Waals surface area contributed by atoms with Crippen molar-refractivity contribution in [2.45, 2.75) is 19.0 Å². The molecule has 0 radical (unpaired) electrons. The second-order valence-electron chi connectivity index (χ2n) is 5.73. The van der Waals surface area contributed by atoms with Crippen molar-refractivity contribution in [3.63, 3.8) is 0 Å². The average Bonchev–Trinajstić information content (AvgIpc) is 3.11. The molecule has 1 aromatic heterocycles. The number of aryl methyl sites for hydroxylation is 2. The van der Waals surface area contributed by atoms with Crippen LogP contribution in [-0.2, 0) is 4.79 Å². The van der Waals surface area contributed by atoms with Crippen molar-refractivity contribution in [1.82, 2.24) is 20.2 Å². The van der Waals surface area contributed by atoms with Crippen LogP contribution in [0, 0.1) is 13.8 Å². The van der Waals surface area contributed by atoms with E-state index in [0.29, 0.717) is 16.6 Å². The van der Waals surface area contributed by atoms with Crippen molar-refractivity contribution in [2.24, 2.45) is 0 Å². The number of amides is 1. The van der Waals surface area contributed by atoms with E-state index in [2.05, 4.69) is 20.8 Å². The number of carbonyl (C=O) groups excluding carboxylic acids is 1. The molecular formula is C18H19N5O2S. The molecule has 0 unspecified atom stereocenters. The quantitative estimate of drug-likeness (QED) is 0.673. The second-order valence-corrected chi connectivity index (χ2v) is 6.51. The van der Waals surface area contributed by atoms with Gasteiger partial charge in [0.1, 0.15) is 5.75 Å². The Labute approximate surface area is 155 Å². The third kappa shape index (κ3) is 4.20. The van der Waals surface area contributed by atoms with Crippen molar-refractivity contribution in [3.05, 3.63) is 53.6 Å². The lowest BCUT2D eigenvalue weighted by atomic mass is 10.1. The molecule has 0 aliphatic heterocycles. The van der Waals surface area contributed by atoms with E-state index in [-0.39, 0.29) is 12.5 Å². The van der Waals surface area contributed by atoms with Gasteiger partial charge in [-0.15, -0.1) is 5.10 Å². The summed E-state index contributed by atoms with van der Waals surface area (Å²) in [6, 6.07) is 13.2. The van der Waals surface area contributed by atoms with Crippen LogP contribution in [-0.4, -0.2) is 39.0 Å². The van der Waals surface area contributed by atoms with Crippen molar-refractivity contribution < 1.29 is 9.53 Å². The average molecular weight is 369 g/mol. The molecule has 0 aliphatic carbocycles. The van der Waals surface area contributed by atoms with Crippen LogP contribution < -0.4 is 10.1 Å². The molecule has 3 aromatic rings. The molecule has 1 N–H and O–H groups in total. The zero-order valence-corrected chi connectivity index (χ0v) is 15.6. The first-order valence-corrected chi connectivity index (χ1v) is 9.22. The molecule has 0 atom stereocenters. The van der Waals surface area contributed by atoms with E-state index >= 15 is 0 Å². The maximum atomic E-state index is 12.2. The van der Waals surface area contributed by atoms with Gasteiger partial charge < -0.3 is 10.1 Å². The first-order valence-electron chi connectivity index (χ1n) is 7.99. The van der Waals surface area contributed by atoms with Gasteiger partial charge >= 0.3 is 0 Å². The van der Waals surface area contributed by atoms with Gasteiger partial charge in [0.25, 0.3) is 5.91 Å². The maximum Gasteiger partial charge on any atom is 0.262 e. The Bertz CT molecular complexity index is 925. The van der Waals surface area contributed by atoms with Crippen LogP contribution in [0.4, 0.5) is 5.69 Å². The van der Waals surface area contributed by atoms with Gasteiger partial charge in [0.2, 0.25) is 5.16 Å². The van der Waals surface area contributed by atoms with Crippen molar-refractivity contribution in [1.29, 1.82) is 0 Å². The molecule has 7 nitrogen and oxygen atoms in total. The molecule has 2 aromatic carbocycles. The lowest BCUT2D eigenvalue weighted by Gasteiger charge is -2.11. The molecule has 1 heterocycles. The molecule has 3 rings (SSSR count). The summed E-state index contributed by atoms with van der Waals surface area (Å²) in [4.78, 5) is 12.2. The summed E-state index contributed by atoms with van der Waals surface area (Å²) >= 11 is 1.44. The van der Waals surface area contributed by atoms with Gasteiger partial charge in [-0.2, -0.15) is 4.68 Å². The SMILES string of the molecule is CSc1nnnn1-c1cccc(NC(=O)COc2cc(C)ccc2C)c1. The smallest absolute Gasteiger partial charge is 0.262 e. The van der Waals surface area contributed by atoms with Crippen molar-refractivity contribution in [3.8, 4) is 11.4 Å². The highest BCUT2D eigenvalue weighted by molar-refractivity contribution is 7.98. The van der Waals surface area contributed by atoms with Crippen LogP contribution in [0.5, 0.6) is 5.75 Å². The van der Waals surface area contributed by atoms with Gasteiger partial charge in [-0.1, -0.05) is 30.0 Å². The lowest BCUT2D eigenvalue weighted by Crippen LogP contribution is -2.20. The van der Waals surface area contributed by atoms with Gasteiger partial charge in [-0.05, 0) is 65.9 Å². The monoisotopic (exact) mass is 369 g/mol. The number of hydrogen-bond donors (Lipinski definition) is 1. The van der Waals surface area contributed by atoms with E-state index in [0.717, 1.165) is 16.8 Å². The minimum Gasteiger partial charge on any atom is -0.483 e. The molecule has 0 fully saturated rings. The number of nitrogens with one attached hydrogen (secondary N) is 1. The third-order valence-corrected chi connectivity index (χ3v) is 4.32. The summed E-state index contributed by atoms with van der Waals surface area (Å²) in [5, 5.41) is 15.1. The van der Waals surface area contributed by atoms with Crippen LogP contribution in [0.15, 0.2) is 47.6 Å². The number of nitrogens with zero attached hydrogens (tertiary/aromatic N) is 4. The van der Waals surface area contributed by atoms with Gasteiger partial charge in [0, 0.05) is 5.69 Å². The number of hydrogen-bond acceptors (Lipinski definition) is 6. The second kappa shape index (κ2) is 8.01. The molecule has 26 heavy (non-hydrogen) atoms. The number of carbonyl (C=O) groups is 1. The number of tetrazole rings is 1. The summed E-state index contributed by atoms with van der Waals surface area (Å²) < 4.78 is 7.26. The number of thioether (sulfide) groups is 1. The van der Waals surface area contributed by atoms with E-state index in [4.69, 9.17) is 4.74 Å². The van der Waals surface area contributed by atoms with Crippen LogP contribution in [0.1, 0.15) is 11.1 Å². The summed E-state index contributed by atoms with van der Waals surface area (Å²) in [6.45, 7) is 3.88. The van der Waals surface area contributed by atoms with E-state index < -0.39 is 0 Å². The Balaban J connectivity index is 1.66. The fourth-order valence-electron chi connectivity index (χ4n) is 2.39. The molecule has 0 spiro atoms. The van der Waals surface area contributed by atoms with Gasteiger partial charge in [0.05, 0.1) is 5.69 Å². The fourth-order valence-corrected chi connectivity index (χ4v) is 2.82. The van der Waals surface area contributed by atoms with Gasteiger partial charge in [0.15, 0.2) is 6.61 Å². The molecule has 0 bridgehead atoms. The summed E-state index contributed by atoms with van der Waals surface area (Å²) in [7, 11) is 0. The predicted molar refractivity (Wildman–Crippen MR) is 101 cm³/mol. The zero-order chi connectivity index (χ0) is 18.5. The highest BCUT2D eigenvalue weighted by atomic mass is 32.2. The molecule has 1 amide bonds. The Hall–Kier alpha value is -2.87. The third-order valence-electron chi connectivity index (χ3n) is 3.70. The number of benzene rings is 2. The fraction of sp³-hybridized carbons (Fsp3) is 0.222. The Kier molecular flexibility index (Phi) is 5.52. The standard InChI is InChI=1S/C18H19N5O2S/c1-12-7-8-13(2)16(9-12)25-11-17(24)19-14-5-4-6-15(10-14)23-18(26-3)20-21-22-23/h4-10H,11H2,1-3H3,(H,19,24). The van der Waals surface area contributed by atoms with E-state index in [1.54, 1.807) is 4.68 Å². The van der Waals surface area contributed by atoms with Crippen LogP contribution in [0.3, 0.4) is 0 Å². The summed E-state index contributed by atoms with van der Waals surface area (Å²) in [5.74, 6) is 0.483. The zero-order valence-electron chi connectivity index (χ0n) is 14.8. The van der Waals surface area contributed by atoms with E-state index in [1.807, 2.05) is 62.6 Å². The van der Waals surface area contributed by atoms with Crippen molar-refractivity contribution in [2.75, 3.05) is 18.2 Å². The normalized spacial score (nSPS) is 10.6. The molecule has 8 heteroatoms. The van der Waals surface area contributed by atoms with Gasteiger partial charge in [-0.25, -0.2) is 0 Å². The van der Waals surface area contributed by atoms with Gasteiger partial charge in [-0.3, -0.25) is 4.79 Å². The number of anilines is 1. The Morgan fingerprint density at radius 3 is 2.88 bits per heavy atom. The molecule has 0 saturated heterocycles. The number of rotatable bonds is 6. The minimum atomic E-state index is -0.232. The summed E-state index contributed by atoms with van der Waals surface area (Å²) in [5.41, 5.74) is 3.51. The molecule has 0 saturated carbocycles. The number of ether oxygens (including phenoxy) is 1. The minimum absolute atomic E-state index is 0.0601. The first-order chi connectivity index (χ1) is 12.6. The molecule has 0 aliphatic rings. The Morgan fingerprint density at radius 1 is 1.23 bits per heavy atom. The predicted octanol–water partition coefficient (Wildman–Crippen LogP) is 3.02. The Morgan fingerprint density at radius 2 is 2.08 bits per heavy atom. The lowest BCUT2D eigenvalue weighted by molar-refractivity contribution is -0.118. The van der Waals surface area contributed by atoms with E-state index in [1.165, 1.54) is 11.8 Å². The number of aromatic nitrogens is 4. The molecular weight excluding hydrogens is 350 g/mol. The van der Waals surface area contributed by atoms with E-state index in [9.17, 15) is 4.79 Å². The first kappa shape index (κ1) is 17.9. The summed E-state index contributed by atoms with van der Waals surface area (Å²) in [6.07, 6.45) is 1.90. The van der Waals surface area contributed by atoms with Crippen molar-refractivity contribution >= 4 is 23.4 Å². The topological polar surface area (TPSA) is 81.9 Å². The van der Waals surface area contributed by atoms with Crippen LogP contribution in [0.25, 0.3) is 5.69 Å². The van der Waals surface area contributed by atoms with Crippen LogP contribution in [0.2, 0.25) is 0 Å². The van der Waals surface area contributed by atoms with Crippen LogP contribution >= 0.6 is 11.8 Å². The maximum absolute atomic E-state index is 12.2. The highest BCUT2D eigenvalue weighted by Gasteiger charge is 2.09. The highest BCUT2D eigenvalue weighted by Crippen LogP contribution is 2.20.